The number of carbonyl (C=O) groups is 3. The highest BCUT2D eigenvalue weighted by molar-refractivity contribution is 7.92. The Morgan fingerprint density at radius 2 is 1.54 bits per heavy atom. The highest BCUT2D eigenvalue weighted by Gasteiger charge is 2.21. The van der Waals surface area contributed by atoms with Gasteiger partial charge in [-0.05, 0) is 81.3 Å². The van der Waals surface area contributed by atoms with E-state index < -0.39 is 28.0 Å². The van der Waals surface area contributed by atoms with Crippen LogP contribution in [0.2, 0.25) is 0 Å². The second-order valence-electron chi connectivity index (χ2n) is 8.05. The molecule has 3 aromatic carbocycles. The summed E-state index contributed by atoms with van der Waals surface area (Å²) in [4.78, 5) is 36.4. The van der Waals surface area contributed by atoms with E-state index in [2.05, 4.69) is 10.0 Å². The van der Waals surface area contributed by atoms with Gasteiger partial charge in [-0.2, -0.15) is 0 Å². The van der Waals surface area contributed by atoms with E-state index in [1.807, 2.05) is 19.9 Å². The van der Waals surface area contributed by atoms with Gasteiger partial charge < -0.3 is 10.1 Å². The number of benzene rings is 3. The molecule has 0 aromatic heterocycles. The van der Waals surface area contributed by atoms with Crippen molar-refractivity contribution in [2.75, 3.05) is 10.0 Å². The molecule has 0 heterocycles. The standard InChI is InChI=1S/C26H26N2O6S/c1-16-7-5-10-24(17(16)2)28-35(32,33)23-13-11-20(12-14-23)26(31)34-19(4)25(30)27-22-9-6-8-21(15-22)18(3)29/h5-15,19,28H,1-4H3,(H,27,30). The van der Waals surface area contributed by atoms with Crippen molar-refractivity contribution in [1.29, 1.82) is 0 Å². The summed E-state index contributed by atoms with van der Waals surface area (Å²) in [6.45, 7) is 6.54. The monoisotopic (exact) mass is 494 g/mol. The molecular formula is C26H26N2O6S. The zero-order chi connectivity index (χ0) is 25.8. The molecule has 0 saturated carbocycles. The molecule has 1 unspecified atom stereocenters. The Morgan fingerprint density at radius 1 is 0.886 bits per heavy atom. The minimum Gasteiger partial charge on any atom is -0.449 e. The van der Waals surface area contributed by atoms with Crippen LogP contribution in [0.15, 0.2) is 71.6 Å². The lowest BCUT2D eigenvalue weighted by Gasteiger charge is -2.14. The van der Waals surface area contributed by atoms with E-state index in [0.717, 1.165) is 11.1 Å². The summed E-state index contributed by atoms with van der Waals surface area (Å²) >= 11 is 0. The molecule has 0 spiro atoms. The van der Waals surface area contributed by atoms with Gasteiger partial charge in [-0.15, -0.1) is 0 Å². The molecule has 1 atom stereocenters. The van der Waals surface area contributed by atoms with Crippen molar-refractivity contribution < 1.29 is 27.5 Å². The summed E-state index contributed by atoms with van der Waals surface area (Å²) in [5, 5.41) is 2.60. The van der Waals surface area contributed by atoms with Crippen LogP contribution >= 0.6 is 0 Å². The van der Waals surface area contributed by atoms with Crippen LogP contribution in [0.3, 0.4) is 0 Å². The second-order valence-corrected chi connectivity index (χ2v) is 9.73. The Balaban J connectivity index is 1.65. The number of hydrogen-bond donors (Lipinski definition) is 2. The van der Waals surface area contributed by atoms with Crippen molar-refractivity contribution in [2.24, 2.45) is 0 Å². The normalized spacial score (nSPS) is 11.9. The third-order valence-electron chi connectivity index (χ3n) is 5.44. The molecule has 182 valence electrons. The number of sulfonamides is 1. The number of rotatable bonds is 8. The number of carbonyl (C=O) groups excluding carboxylic acids is 3. The average molecular weight is 495 g/mol. The fourth-order valence-electron chi connectivity index (χ4n) is 3.18. The van der Waals surface area contributed by atoms with Gasteiger partial charge in [0.1, 0.15) is 0 Å². The first-order valence-electron chi connectivity index (χ1n) is 10.8. The maximum Gasteiger partial charge on any atom is 0.338 e. The van der Waals surface area contributed by atoms with Crippen LogP contribution in [0.25, 0.3) is 0 Å². The molecule has 2 N–H and O–H groups in total. The molecule has 0 fully saturated rings. The minimum atomic E-state index is -3.87. The highest BCUT2D eigenvalue weighted by Crippen LogP contribution is 2.22. The molecule has 8 nitrogen and oxygen atoms in total. The Bertz CT molecular complexity index is 1380. The van der Waals surface area contributed by atoms with Gasteiger partial charge in [0, 0.05) is 11.3 Å². The van der Waals surface area contributed by atoms with Gasteiger partial charge >= 0.3 is 5.97 Å². The van der Waals surface area contributed by atoms with Crippen LogP contribution in [0, 0.1) is 13.8 Å². The van der Waals surface area contributed by atoms with Crippen LogP contribution in [0.5, 0.6) is 0 Å². The fourth-order valence-corrected chi connectivity index (χ4v) is 4.30. The van der Waals surface area contributed by atoms with Gasteiger partial charge in [-0.3, -0.25) is 14.3 Å². The van der Waals surface area contributed by atoms with Gasteiger partial charge in [-0.1, -0.05) is 24.3 Å². The first-order chi connectivity index (χ1) is 16.5. The van der Waals surface area contributed by atoms with Gasteiger partial charge in [0.15, 0.2) is 11.9 Å². The quantitative estimate of drug-likeness (QED) is 0.352. The van der Waals surface area contributed by atoms with Gasteiger partial charge in [0.25, 0.3) is 15.9 Å². The largest absolute Gasteiger partial charge is 0.449 e. The predicted molar refractivity (Wildman–Crippen MR) is 133 cm³/mol. The number of amides is 1. The molecule has 0 saturated heterocycles. The average Bonchev–Trinajstić information content (AvgIpc) is 2.82. The lowest BCUT2D eigenvalue weighted by Crippen LogP contribution is -2.30. The number of ketones is 1. The molecule has 9 heteroatoms. The van der Waals surface area contributed by atoms with E-state index in [1.165, 1.54) is 44.2 Å². The Morgan fingerprint density at radius 3 is 2.20 bits per heavy atom. The van der Waals surface area contributed by atoms with Crippen molar-refractivity contribution >= 4 is 39.1 Å². The van der Waals surface area contributed by atoms with Crippen molar-refractivity contribution in [1.82, 2.24) is 0 Å². The number of aryl methyl sites for hydroxylation is 1. The number of anilines is 2. The Labute approximate surface area is 204 Å². The summed E-state index contributed by atoms with van der Waals surface area (Å²) in [5.74, 6) is -1.50. The van der Waals surface area contributed by atoms with Crippen LogP contribution in [0.1, 0.15) is 45.7 Å². The van der Waals surface area contributed by atoms with Gasteiger partial charge in [-0.25, -0.2) is 13.2 Å². The molecule has 0 aliphatic rings. The predicted octanol–water partition coefficient (Wildman–Crippen LogP) is 4.49. The maximum atomic E-state index is 12.8. The molecule has 0 radical (unpaired) electrons. The number of Topliss-reactive ketones (excluding diaryl/α,β-unsaturated/α-hetero) is 1. The molecule has 0 aliphatic heterocycles. The number of ether oxygens (including phenoxy) is 1. The zero-order valence-electron chi connectivity index (χ0n) is 19.8. The topological polar surface area (TPSA) is 119 Å². The molecular weight excluding hydrogens is 468 g/mol. The number of hydrogen-bond acceptors (Lipinski definition) is 6. The third kappa shape index (κ3) is 6.33. The summed E-state index contributed by atoms with van der Waals surface area (Å²) in [6.07, 6.45) is -1.13. The van der Waals surface area contributed by atoms with Crippen LogP contribution < -0.4 is 10.0 Å². The van der Waals surface area contributed by atoms with Gasteiger partial charge in [0.2, 0.25) is 0 Å². The SMILES string of the molecule is CC(=O)c1cccc(NC(=O)C(C)OC(=O)c2ccc(S(=O)(=O)Nc3cccc(C)c3C)cc2)c1. The summed E-state index contributed by atoms with van der Waals surface area (Å²) in [6, 6.07) is 17.0. The molecule has 3 rings (SSSR count). The highest BCUT2D eigenvalue weighted by atomic mass is 32.2. The first kappa shape index (κ1) is 25.6. The number of esters is 1. The van der Waals surface area contributed by atoms with Crippen molar-refractivity contribution in [3.8, 4) is 0 Å². The zero-order valence-corrected chi connectivity index (χ0v) is 20.6. The van der Waals surface area contributed by atoms with Crippen LogP contribution in [-0.2, 0) is 19.6 Å². The Hall–Kier alpha value is -3.98. The van der Waals surface area contributed by atoms with Crippen LogP contribution in [0.4, 0.5) is 11.4 Å². The minimum absolute atomic E-state index is 0.0221. The smallest absolute Gasteiger partial charge is 0.338 e. The lowest BCUT2D eigenvalue weighted by atomic mass is 10.1. The Kier molecular flexibility index (Phi) is 7.71. The van der Waals surface area contributed by atoms with E-state index in [4.69, 9.17) is 4.74 Å². The van der Waals surface area contributed by atoms with Gasteiger partial charge in [0.05, 0.1) is 16.1 Å². The van der Waals surface area contributed by atoms with E-state index >= 15 is 0 Å². The number of nitrogens with one attached hydrogen (secondary N) is 2. The van der Waals surface area contributed by atoms with E-state index in [0.29, 0.717) is 16.9 Å². The molecule has 0 aliphatic carbocycles. The molecule has 1 amide bonds. The van der Waals surface area contributed by atoms with Crippen molar-refractivity contribution in [3.05, 3.63) is 89.0 Å². The molecule has 0 bridgehead atoms. The maximum absolute atomic E-state index is 12.8. The summed E-state index contributed by atoms with van der Waals surface area (Å²) in [5.41, 5.74) is 3.17. The first-order valence-corrected chi connectivity index (χ1v) is 12.3. The van der Waals surface area contributed by atoms with Crippen LogP contribution in [-0.4, -0.2) is 32.2 Å². The lowest BCUT2D eigenvalue weighted by molar-refractivity contribution is -0.123. The van der Waals surface area contributed by atoms with E-state index in [9.17, 15) is 22.8 Å². The van der Waals surface area contributed by atoms with Crippen molar-refractivity contribution in [3.63, 3.8) is 0 Å². The molecule has 35 heavy (non-hydrogen) atoms. The molecule has 3 aromatic rings. The fraction of sp³-hybridized carbons (Fsp3) is 0.192. The third-order valence-corrected chi connectivity index (χ3v) is 6.82. The summed E-state index contributed by atoms with van der Waals surface area (Å²) < 4.78 is 33.3. The van der Waals surface area contributed by atoms with Crippen molar-refractivity contribution in [2.45, 2.75) is 38.7 Å². The van der Waals surface area contributed by atoms with E-state index in [1.54, 1.807) is 30.3 Å². The van der Waals surface area contributed by atoms with E-state index in [-0.39, 0.29) is 16.2 Å². The summed E-state index contributed by atoms with van der Waals surface area (Å²) in [7, 11) is -3.87. The second kappa shape index (κ2) is 10.5.